The molecule has 0 N–H and O–H groups in total. The van der Waals surface area contributed by atoms with Gasteiger partial charge >= 0.3 is 5.63 Å². The summed E-state index contributed by atoms with van der Waals surface area (Å²) in [5.41, 5.74) is 7.40. The topological polar surface area (TPSA) is 39.4 Å². The molecule has 4 heteroatoms. The first-order valence-corrected chi connectivity index (χ1v) is 14.7. The van der Waals surface area contributed by atoms with Gasteiger partial charge in [-0.1, -0.05) is 94.5 Å². The molecule has 1 unspecified atom stereocenters. The van der Waals surface area contributed by atoms with Crippen LogP contribution < -0.4 is 10.4 Å². The minimum atomic E-state index is -1.75. The standard InChI is InChI=1S/C30H32O3Si/c1-21-24(18-13-19-34(5,6)30(2,3)4)28-26(29(31)32-21)25(20-22-14-9-7-10-15-22)27(33-28)23-16-11-8-12-17-23/h7-12,14-17,20,27H,18H2,1-6H3/b25-20-. The Morgan fingerprint density at radius 2 is 1.62 bits per heavy atom. The van der Waals surface area contributed by atoms with Crippen molar-refractivity contribution in [1.82, 2.24) is 0 Å². The number of fused-ring (bicyclic) bond motifs is 1. The Bertz CT molecular complexity index is 1330. The molecule has 3 nitrogen and oxygen atoms in total. The average molecular weight is 469 g/mol. The highest BCUT2D eigenvalue weighted by atomic mass is 28.3. The van der Waals surface area contributed by atoms with Gasteiger partial charge in [0.15, 0.2) is 0 Å². The molecule has 0 saturated heterocycles. The lowest BCUT2D eigenvalue weighted by atomic mass is 9.95. The predicted molar refractivity (Wildman–Crippen MR) is 143 cm³/mol. The normalized spacial score (nSPS) is 16.5. The molecule has 4 rings (SSSR count). The lowest BCUT2D eigenvalue weighted by Gasteiger charge is -2.31. The summed E-state index contributed by atoms with van der Waals surface area (Å²) in [6, 6.07) is 20.0. The number of rotatable bonds is 3. The van der Waals surface area contributed by atoms with E-state index in [2.05, 4.69) is 45.3 Å². The fourth-order valence-electron chi connectivity index (χ4n) is 3.84. The van der Waals surface area contributed by atoms with Crippen molar-refractivity contribution in [1.29, 1.82) is 0 Å². The van der Waals surface area contributed by atoms with Crippen molar-refractivity contribution in [2.24, 2.45) is 0 Å². The highest BCUT2D eigenvalue weighted by Crippen LogP contribution is 2.47. The molecule has 174 valence electrons. The van der Waals surface area contributed by atoms with Gasteiger partial charge in [-0.3, -0.25) is 0 Å². The van der Waals surface area contributed by atoms with Crippen LogP contribution in [0, 0.1) is 18.4 Å². The summed E-state index contributed by atoms with van der Waals surface area (Å²) in [5, 5.41) is 0.181. The van der Waals surface area contributed by atoms with Gasteiger partial charge in [-0.2, -0.15) is 0 Å². The minimum absolute atomic E-state index is 0.181. The van der Waals surface area contributed by atoms with Gasteiger partial charge in [-0.05, 0) is 29.2 Å². The molecule has 0 bridgehead atoms. The molecule has 0 radical (unpaired) electrons. The van der Waals surface area contributed by atoms with Crippen molar-refractivity contribution < 1.29 is 9.15 Å². The molecule has 1 atom stereocenters. The molecule has 1 aromatic heterocycles. The first kappa shape index (κ1) is 23.9. The summed E-state index contributed by atoms with van der Waals surface area (Å²) in [6.45, 7) is 13.2. The van der Waals surface area contributed by atoms with E-state index in [4.69, 9.17) is 9.15 Å². The summed E-state index contributed by atoms with van der Waals surface area (Å²) < 4.78 is 12.3. The van der Waals surface area contributed by atoms with Gasteiger partial charge in [0.25, 0.3) is 0 Å². The van der Waals surface area contributed by atoms with Crippen LogP contribution >= 0.6 is 0 Å². The number of benzene rings is 2. The molecular weight excluding hydrogens is 436 g/mol. The molecule has 0 saturated carbocycles. The van der Waals surface area contributed by atoms with Gasteiger partial charge in [-0.25, -0.2) is 4.79 Å². The smallest absolute Gasteiger partial charge is 0.347 e. The van der Waals surface area contributed by atoms with E-state index in [1.54, 1.807) is 0 Å². The average Bonchev–Trinajstić information content (AvgIpc) is 3.16. The lowest BCUT2D eigenvalue weighted by molar-refractivity contribution is 0.279. The maximum absolute atomic E-state index is 13.1. The van der Waals surface area contributed by atoms with Gasteiger partial charge in [0.2, 0.25) is 0 Å². The van der Waals surface area contributed by atoms with E-state index in [0.717, 1.165) is 22.3 Å². The molecule has 1 aliphatic rings. The van der Waals surface area contributed by atoms with Crippen molar-refractivity contribution in [2.75, 3.05) is 0 Å². The van der Waals surface area contributed by atoms with Crippen molar-refractivity contribution >= 4 is 19.7 Å². The molecule has 0 amide bonds. The van der Waals surface area contributed by atoms with Crippen LogP contribution in [0.3, 0.4) is 0 Å². The number of hydrogen-bond donors (Lipinski definition) is 0. The number of aryl methyl sites for hydroxylation is 1. The van der Waals surface area contributed by atoms with Crippen LogP contribution in [0.2, 0.25) is 18.1 Å². The second-order valence-electron chi connectivity index (χ2n) is 10.4. The van der Waals surface area contributed by atoms with E-state index in [0.29, 0.717) is 23.5 Å². The quantitative estimate of drug-likeness (QED) is 0.301. The van der Waals surface area contributed by atoms with Gasteiger partial charge < -0.3 is 9.15 Å². The molecule has 3 aromatic rings. The molecule has 0 aliphatic carbocycles. The third kappa shape index (κ3) is 4.67. The highest BCUT2D eigenvalue weighted by molar-refractivity contribution is 6.87. The summed E-state index contributed by atoms with van der Waals surface area (Å²) in [6.07, 6.45) is 2.14. The maximum Gasteiger partial charge on any atom is 0.347 e. The molecule has 2 aromatic carbocycles. The Labute approximate surface area is 203 Å². The van der Waals surface area contributed by atoms with E-state index in [-0.39, 0.29) is 16.8 Å². The van der Waals surface area contributed by atoms with Crippen LogP contribution in [0.15, 0.2) is 69.9 Å². The Kier molecular flexibility index (Phi) is 6.42. The summed E-state index contributed by atoms with van der Waals surface area (Å²) in [4.78, 5) is 13.1. The number of ether oxygens (including phenoxy) is 1. The molecule has 0 spiro atoms. The summed E-state index contributed by atoms with van der Waals surface area (Å²) >= 11 is 0. The monoisotopic (exact) mass is 468 g/mol. The Balaban J connectivity index is 1.84. The number of hydrogen-bond acceptors (Lipinski definition) is 3. The van der Waals surface area contributed by atoms with Crippen molar-refractivity contribution in [2.45, 2.75) is 58.4 Å². The fraction of sp³-hybridized carbons (Fsp3) is 0.300. The largest absolute Gasteiger partial charge is 0.480 e. The van der Waals surface area contributed by atoms with Crippen LogP contribution in [0.25, 0.3) is 11.6 Å². The first-order chi connectivity index (χ1) is 16.1. The van der Waals surface area contributed by atoms with Crippen LogP contribution in [-0.2, 0) is 6.42 Å². The van der Waals surface area contributed by atoms with E-state index >= 15 is 0 Å². The van der Waals surface area contributed by atoms with Gasteiger partial charge in [0, 0.05) is 17.6 Å². The lowest BCUT2D eigenvalue weighted by Crippen LogP contribution is -2.35. The third-order valence-corrected chi connectivity index (χ3v) is 11.5. The Morgan fingerprint density at radius 1 is 1.00 bits per heavy atom. The Hall–Kier alpha value is -3.29. The van der Waals surface area contributed by atoms with Crippen molar-refractivity contribution in [3.63, 3.8) is 0 Å². The van der Waals surface area contributed by atoms with E-state index in [9.17, 15) is 4.79 Å². The molecule has 2 heterocycles. The van der Waals surface area contributed by atoms with E-state index in [1.807, 2.05) is 73.7 Å². The fourth-order valence-corrected chi connectivity index (χ4v) is 4.75. The molecule has 1 aliphatic heterocycles. The molecule has 34 heavy (non-hydrogen) atoms. The van der Waals surface area contributed by atoms with Crippen molar-refractivity contribution in [3.05, 3.63) is 99.1 Å². The second kappa shape index (κ2) is 9.16. The maximum atomic E-state index is 13.1. The van der Waals surface area contributed by atoms with E-state index in [1.165, 1.54) is 0 Å². The second-order valence-corrected chi connectivity index (χ2v) is 15.4. The van der Waals surface area contributed by atoms with Gasteiger partial charge in [-0.15, -0.1) is 11.5 Å². The summed E-state index contributed by atoms with van der Waals surface area (Å²) in [5.74, 6) is 4.58. The molecular formula is C30H32O3Si. The van der Waals surface area contributed by atoms with E-state index < -0.39 is 8.07 Å². The highest BCUT2D eigenvalue weighted by Gasteiger charge is 2.36. The Morgan fingerprint density at radius 3 is 2.24 bits per heavy atom. The minimum Gasteiger partial charge on any atom is -0.480 e. The predicted octanol–water partition coefficient (Wildman–Crippen LogP) is 7.22. The van der Waals surface area contributed by atoms with Crippen LogP contribution in [0.1, 0.15) is 54.9 Å². The van der Waals surface area contributed by atoms with Crippen LogP contribution in [-0.4, -0.2) is 8.07 Å². The zero-order valence-electron chi connectivity index (χ0n) is 20.9. The van der Waals surface area contributed by atoms with Gasteiger partial charge in [0.1, 0.15) is 31.3 Å². The zero-order valence-corrected chi connectivity index (χ0v) is 21.9. The summed E-state index contributed by atoms with van der Waals surface area (Å²) in [7, 11) is -1.75. The zero-order chi connectivity index (χ0) is 24.5. The SMILES string of the molecule is Cc1oc(=O)c2c(c1CC#C[Si](C)(C)C(C)(C)C)OC(c1ccccc1)/C2=C\c1ccccc1. The first-order valence-electron chi connectivity index (χ1n) is 11.7. The van der Waals surface area contributed by atoms with Gasteiger partial charge in [0.05, 0.1) is 0 Å². The van der Waals surface area contributed by atoms with Crippen molar-refractivity contribution in [3.8, 4) is 17.2 Å². The third-order valence-electron chi connectivity index (χ3n) is 6.95. The van der Waals surface area contributed by atoms with Crippen LogP contribution in [0.5, 0.6) is 5.75 Å². The molecule has 0 fully saturated rings. The van der Waals surface area contributed by atoms with Crippen LogP contribution in [0.4, 0.5) is 0 Å².